The minimum Gasteiger partial charge on any atom is -0.309 e. The summed E-state index contributed by atoms with van der Waals surface area (Å²) in [6.07, 6.45) is 2.05. The van der Waals surface area contributed by atoms with Crippen LogP contribution < -0.4 is 0 Å². The maximum Gasteiger partial charge on any atom is 0.199 e. The predicted molar refractivity (Wildman–Crippen MR) is 38.3 cm³/mol. The van der Waals surface area contributed by atoms with Gasteiger partial charge < -0.3 is 4.57 Å². The molecule has 4 heteroatoms. The van der Waals surface area contributed by atoms with Gasteiger partial charge in [-0.25, -0.2) is 0 Å². The fraction of sp³-hybridized carbons (Fsp3) is 0.571. The third-order valence-corrected chi connectivity index (χ3v) is 1.92. The Labute approximate surface area is 64.2 Å². The van der Waals surface area contributed by atoms with Crippen LogP contribution in [0.5, 0.6) is 0 Å². The van der Waals surface area contributed by atoms with E-state index in [0.717, 1.165) is 25.2 Å². The molecule has 0 unspecified atom stereocenters. The number of nitrogens with zero attached hydrogens (tertiary/aromatic N) is 3. The van der Waals surface area contributed by atoms with Gasteiger partial charge in [0, 0.05) is 19.9 Å². The minimum atomic E-state index is 0.00523. The zero-order chi connectivity index (χ0) is 7.84. The SMILES string of the molecule is CC(=O)c1nnc2n1CCC2. The molecule has 0 saturated heterocycles. The zero-order valence-electron chi connectivity index (χ0n) is 6.37. The first kappa shape index (κ1) is 6.52. The maximum absolute atomic E-state index is 10.9. The summed E-state index contributed by atoms with van der Waals surface area (Å²) in [6, 6.07) is 0. The van der Waals surface area contributed by atoms with E-state index in [1.54, 1.807) is 0 Å². The van der Waals surface area contributed by atoms with Crippen LogP contribution in [-0.2, 0) is 13.0 Å². The topological polar surface area (TPSA) is 47.8 Å². The van der Waals surface area contributed by atoms with Gasteiger partial charge in [-0.2, -0.15) is 0 Å². The van der Waals surface area contributed by atoms with Crippen molar-refractivity contribution in [1.82, 2.24) is 14.8 Å². The summed E-state index contributed by atoms with van der Waals surface area (Å²) in [6.45, 7) is 2.42. The van der Waals surface area contributed by atoms with Crippen molar-refractivity contribution < 1.29 is 4.79 Å². The highest BCUT2D eigenvalue weighted by molar-refractivity contribution is 5.90. The van der Waals surface area contributed by atoms with Gasteiger partial charge in [-0.05, 0) is 6.42 Å². The van der Waals surface area contributed by atoms with Crippen molar-refractivity contribution in [3.05, 3.63) is 11.6 Å². The molecule has 0 amide bonds. The monoisotopic (exact) mass is 151 g/mol. The lowest BCUT2D eigenvalue weighted by Gasteiger charge is -1.95. The summed E-state index contributed by atoms with van der Waals surface area (Å²) < 4.78 is 1.91. The first-order valence-corrected chi connectivity index (χ1v) is 3.72. The van der Waals surface area contributed by atoms with Crippen LogP contribution in [0.1, 0.15) is 29.8 Å². The van der Waals surface area contributed by atoms with Crippen LogP contribution in [0.3, 0.4) is 0 Å². The number of fused-ring (bicyclic) bond motifs is 1. The zero-order valence-corrected chi connectivity index (χ0v) is 6.37. The van der Waals surface area contributed by atoms with Gasteiger partial charge in [-0.15, -0.1) is 10.2 Å². The molecule has 0 spiro atoms. The van der Waals surface area contributed by atoms with E-state index in [1.165, 1.54) is 6.92 Å². The van der Waals surface area contributed by atoms with Crippen molar-refractivity contribution >= 4 is 5.78 Å². The van der Waals surface area contributed by atoms with Crippen molar-refractivity contribution in [2.24, 2.45) is 0 Å². The van der Waals surface area contributed by atoms with E-state index in [4.69, 9.17) is 0 Å². The highest BCUT2D eigenvalue weighted by atomic mass is 16.1. The summed E-state index contributed by atoms with van der Waals surface area (Å²) in [5.41, 5.74) is 0. The molecule has 1 aliphatic rings. The Kier molecular flexibility index (Phi) is 1.27. The fourth-order valence-corrected chi connectivity index (χ4v) is 1.41. The first-order chi connectivity index (χ1) is 5.29. The Morgan fingerprint density at radius 2 is 2.36 bits per heavy atom. The molecule has 0 bridgehead atoms. The average Bonchev–Trinajstić information content (AvgIpc) is 2.41. The van der Waals surface area contributed by atoms with Gasteiger partial charge in [-0.3, -0.25) is 4.79 Å². The molecule has 1 aromatic heterocycles. The van der Waals surface area contributed by atoms with Gasteiger partial charge in [0.2, 0.25) is 0 Å². The second-order valence-electron chi connectivity index (χ2n) is 2.75. The van der Waals surface area contributed by atoms with E-state index in [2.05, 4.69) is 10.2 Å². The predicted octanol–water partition coefficient (Wildman–Crippen LogP) is 0.427. The fourth-order valence-electron chi connectivity index (χ4n) is 1.41. The Morgan fingerprint density at radius 1 is 1.55 bits per heavy atom. The largest absolute Gasteiger partial charge is 0.309 e. The summed E-state index contributed by atoms with van der Waals surface area (Å²) in [5, 5.41) is 7.71. The molecule has 11 heavy (non-hydrogen) atoms. The molecule has 4 nitrogen and oxygen atoms in total. The highest BCUT2D eigenvalue weighted by Crippen LogP contribution is 2.13. The second kappa shape index (κ2) is 2.15. The number of ketones is 1. The van der Waals surface area contributed by atoms with Gasteiger partial charge in [-0.1, -0.05) is 0 Å². The Morgan fingerprint density at radius 3 is 3.09 bits per heavy atom. The maximum atomic E-state index is 10.9. The number of rotatable bonds is 1. The molecular weight excluding hydrogens is 142 g/mol. The molecule has 2 rings (SSSR count). The Hall–Kier alpha value is -1.19. The number of aromatic nitrogens is 3. The van der Waals surface area contributed by atoms with Crippen LogP contribution in [-0.4, -0.2) is 20.5 Å². The van der Waals surface area contributed by atoms with Crippen LogP contribution in [0.4, 0.5) is 0 Å². The molecule has 1 aromatic rings. The number of aryl methyl sites for hydroxylation is 1. The standard InChI is InChI=1S/C7H9N3O/c1-5(11)7-9-8-6-3-2-4-10(6)7/h2-4H2,1H3. The van der Waals surface area contributed by atoms with Crippen LogP contribution in [0.15, 0.2) is 0 Å². The van der Waals surface area contributed by atoms with E-state index in [0.29, 0.717) is 5.82 Å². The molecule has 2 heterocycles. The quantitative estimate of drug-likeness (QED) is 0.547. The average molecular weight is 151 g/mol. The molecule has 0 saturated carbocycles. The molecule has 0 aromatic carbocycles. The van der Waals surface area contributed by atoms with Crippen LogP contribution >= 0.6 is 0 Å². The smallest absolute Gasteiger partial charge is 0.199 e. The van der Waals surface area contributed by atoms with Crippen molar-refractivity contribution in [1.29, 1.82) is 0 Å². The van der Waals surface area contributed by atoms with Crippen molar-refractivity contribution in [2.45, 2.75) is 26.3 Å². The van der Waals surface area contributed by atoms with Gasteiger partial charge >= 0.3 is 0 Å². The van der Waals surface area contributed by atoms with Crippen molar-refractivity contribution in [3.8, 4) is 0 Å². The van der Waals surface area contributed by atoms with Gasteiger partial charge in [0.15, 0.2) is 11.6 Å². The van der Waals surface area contributed by atoms with Gasteiger partial charge in [0.05, 0.1) is 0 Å². The number of carbonyl (C=O) groups excluding carboxylic acids is 1. The molecule has 58 valence electrons. The number of hydrogen-bond acceptors (Lipinski definition) is 3. The van der Waals surface area contributed by atoms with E-state index in [9.17, 15) is 4.79 Å². The minimum absolute atomic E-state index is 0.00523. The lowest BCUT2D eigenvalue weighted by molar-refractivity contribution is 0.0999. The van der Waals surface area contributed by atoms with Crippen LogP contribution in [0.2, 0.25) is 0 Å². The third kappa shape index (κ3) is 0.859. The van der Waals surface area contributed by atoms with E-state index >= 15 is 0 Å². The molecule has 0 radical (unpaired) electrons. The van der Waals surface area contributed by atoms with Gasteiger partial charge in [0.25, 0.3) is 0 Å². The van der Waals surface area contributed by atoms with Crippen LogP contribution in [0.25, 0.3) is 0 Å². The number of Topliss-reactive ketones (excluding diaryl/α,β-unsaturated/α-hetero) is 1. The second-order valence-corrected chi connectivity index (χ2v) is 2.75. The van der Waals surface area contributed by atoms with E-state index < -0.39 is 0 Å². The highest BCUT2D eigenvalue weighted by Gasteiger charge is 2.19. The first-order valence-electron chi connectivity index (χ1n) is 3.72. The van der Waals surface area contributed by atoms with Crippen molar-refractivity contribution in [3.63, 3.8) is 0 Å². The number of hydrogen-bond donors (Lipinski definition) is 0. The molecule has 1 aliphatic heterocycles. The third-order valence-electron chi connectivity index (χ3n) is 1.92. The summed E-state index contributed by atoms with van der Waals surface area (Å²) in [5.74, 6) is 1.47. The number of carbonyl (C=O) groups is 1. The summed E-state index contributed by atoms with van der Waals surface area (Å²) >= 11 is 0. The van der Waals surface area contributed by atoms with Crippen molar-refractivity contribution in [2.75, 3.05) is 0 Å². The molecular formula is C7H9N3O. The molecule has 0 atom stereocenters. The lowest BCUT2D eigenvalue weighted by Crippen LogP contribution is -2.05. The Bertz CT molecular complexity index is 303. The molecule has 0 N–H and O–H groups in total. The Balaban J connectivity index is 2.50. The lowest BCUT2D eigenvalue weighted by atomic mass is 10.4. The van der Waals surface area contributed by atoms with E-state index in [-0.39, 0.29) is 5.78 Å². The summed E-state index contributed by atoms with van der Waals surface area (Å²) in [7, 11) is 0. The van der Waals surface area contributed by atoms with E-state index in [1.807, 2.05) is 4.57 Å². The van der Waals surface area contributed by atoms with Gasteiger partial charge in [0.1, 0.15) is 5.82 Å². The summed E-state index contributed by atoms with van der Waals surface area (Å²) in [4.78, 5) is 10.9. The molecule has 0 aliphatic carbocycles. The van der Waals surface area contributed by atoms with Crippen LogP contribution in [0, 0.1) is 0 Å². The normalized spacial score (nSPS) is 15.0. The molecule has 0 fully saturated rings.